The van der Waals surface area contributed by atoms with Gasteiger partial charge in [-0.05, 0) is 46.8 Å². The second kappa shape index (κ2) is 4.57. The summed E-state index contributed by atoms with van der Waals surface area (Å²) in [5, 5.41) is 10.2. The van der Waals surface area contributed by atoms with Crippen LogP contribution in [0.5, 0.6) is 0 Å². The number of fused-ring (bicyclic) bond motifs is 1. The molecule has 7 heteroatoms. The summed E-state index contributed by atoms with van der Waals surface area (Å²) in [6.07, 6.45) is 0.513. The molecule has 0 spiro atoms. The molecule has 3 heterocycles. The van der Waals surface area contributed by atoms with Crippen molar-refractivity contribution in [1.82, 2.24) is 9.55 Å². The SMILES string of the molecule is Cc1c(B2OC(C)(C)C(C)(C)O2)c2cccnc2n1C(=O)O. The third-order valence-corrected chi connectivity index (χ3v) is 4.69. The van der Waals surface area contributed by atoms with E-state index in [9.17, 15) is 9.90 Å². The molecule has 3 rings (SSSR count). The van der Waals surface area contributed by atoms with Crippen molar-refractivity contribution < 1.29 is 19.2 Å². The summed E-state index contributed by atoms with van der Waals surface area (Å²) < 4.78 is 13.3. The molecule has 1 fully saturated rings. The van der Waals surface area contributed by atoms with E-state index in [1.807, 2.05) is 33.8 Å². The Bertz CT molecular complexity index is 750. The van der Waals surface area contributed by atoms with E-state index in [2.05, 4.69) is 4.98 Å². The van der Waals surface area contributed by atoms with E-state index < -0.39 is 24.4 Å². The number of hydrogen-bond acceptors (Lipinski definition) is 4. The Morgan fingerprint density at radius 1 is 1.27 bits per heavy atom. The van der Waals surface area contributed by atoms with Gasteiger partial charge in [0.2, 0.25) is 0 Å². The van der Waals surface area contributed by atoms with Crippen LogP contribution in [0.25, 0.3) is 11.0 Å². The zero-order valence-corrected chi connectivity index (χ0v) is 13.4. The fraction of sp³-hybridized carbons (Fsp3) is 0.467. The first-order valence-corrected chi connectivity index (χ1v) is 7.20. The normalized spacial score (nSPS) is 19.8. The van der Waals surface area contributed by atoms with E-state index in [0.29, 0.717) is 11.3 Å². The van der Waals surface area contributed by atoms with E-state index in [1.54, 1.807) is 19.2 Å². The first kappa shape index (κ1) is 15.1. The molecule has 1 N–H and O–H groups in total. The molecule has 0 amide bonds. The molecule has 2 aromatic rings. The highest BCUT2D eigenvalue weighted by atomic mass is 16.7. The van der Waals surface area contributed by atoms with Gasteiger partial charge < -0.3 is 14.4 Å². The Morgan fingerprint density at radius 2 is 1.86 bits per heavy atom. The third kappa shape index (κ3) is 1.96. The highest BCUT2D eigenvalue weighted by Crippen LogP contribution is 2.37. The van der Waals surface area contributed by atoms with Gasteiger partial charge in [0.15, 0.2) is 0 Å². The van der Waals surface area contributed by atoms with Crippen LogP contribution in [-0.2, 0) is 9.31 Å². The van der Waals surface area contributed by atoms with Crippen molar-refractivity contribution in [1.29, 1.82) is 0 Å². The molecule has 0 radical (unpaired) electrons. The summed E-state index contributed by atoms with van der Waals surface area (Å²) in [6.45, 7) is 9.62. The molecule has 116 valence electrons. The van der Waals surface area contributed by atoms with Crippen LogP contribution in [0.4, 0.5) is 4.79 Å². The second-order valence-corrected chi connectivity index (χ2v) is 6.58. The van der Waals surface area contributed by atoms with Gasteiger partial charge in [-0.1, -0.05) is 0 Å². The van der Waals surface area contributed by atoms with E-state index in [0.717, 1.165) is 10.8 Å². The first-order chi connectivity index (χ1) is 10.2. The molecule has 0 aromatic carbocycles. The van der Waals surface area contributed by atoms with E-state index in [1.165, 1.54) is 4.57 Å². The number of hydrogen-bond donors (Lipinski definition) is 1. The number of pyridine rings is 1. The Morgan fingerprint density at radius 3 is 2.41 bits per heavy atom. The minimum absolute atomic E-state index is 0.400. The van der Waals surface area contributed by atoms with Crippen molar-refractivity contribution >= 4 is 29.7 Å². The van der Waals surface area contributed by atoms with E-state index in [4.69, 9.17) is 9.31 Å². The fourth-order valence-corrected chi connectivity index (χ4v) is 2.75. The quantitative estimate of drug-likeness (QED) is 0.817. The van der Waals surface area contributed by atoms with Crippen LogP contribution >= 0.6 is 0 Å². The summed E-state index contributed by atoms with van der Waals surface area (Å²) in [4.78, 5) is 15.8. The minimum atomic E-state index is -1.07. The zero-order valence-electron chi connectivity index (χ0n) is 13.4. The maximum absolute atomic E-state index is 11.6. The van der Waals surface area contributed by atoms with Crippen LogP contribution in [0.2, 0.25) is 0 Å². The molecular weight excluding hydrogens is 283 g/mol. The lowest BCUT2D eigenvalue weighted by atomic mass is 9.77. The predicted octanol–water partition coefficient (Wildman–Crippen LogP) is 2.17. The van der Waals surface area contributed by atoms with Gasteiger partial charge in [0.05, 0.1) is 11.2 Å². The van der Waals surface area contributed by atoms with Crippen molar-refractivity contribution in [3.05, 3.63) is 24.0 Å². The number of rotatable bonds is 1. The Balaban J connectivity index is 2.21. The Labute approximate surface area is 129 Å². The highest BCUT2D eigenvalue weighted by Gasteiger charge is 2.53. The zero-order chi connectivity index (χ0) is 16.3. The third-order valence-electron chi connectivity index (χ3n) is 4.69. The van der Waals surface area contributed by atoms with Gasteiger partial charge in [0.1, 0.15) is 5.65 Å². The van der Waals surface area contributed by atoms with Crippen LogP contribution in [0.15, 0.2) is 18.3 Å². The van der Waals surface area contributed by atoms with Crippen LogP contribution in [0, 0.1) is 6.92 Å². The van der Waals surface area contributed by atoms with Crippen molar-refractivity contribution in [2.75, 3.05) is 0 Å². The summed E-state index contributed by atoms with van der Waals surface area (Å²) in [7, 11) is -0.614. The van der Waals surface area contributed by atoms with Gasteiger partial charge in [-0.25, -0.2) is 14.3 Å². The Hall–Kier alpha value is -1.86. The van der Waals surface area contributed by atoms with Crippen molar-refractivity contribution in [2.45, 2.75) is 45.8 Å². The lowest BCUT2D eigenvalue weighted by Crippen LogP contribution is -2.41. The molecule has 1 aliphatic heterocycles. The number of nitrogens with zero attached hydrogens (tertiary/aromatic N) is 2. The number of aromatic nitrogens is 2. The standard InChI is InChI=1S/C15H19BN2O4/c1-9-11(16-21-14(2,3)15(4,5)22-16)10-7-6-8-17-12(10)18(9)13(19)20/h6-8H,1-5H3,(H,19,20). The molecule has 2 aromatic heterocycles. The fourth-order valence-electron chi connectivity index (χ4n) is 2.75. The molecular formula is C15H19BN2O4. The summed E-state index contributed by atoms with van der Waals surface area (Å²) in [6, 6.07) is 3.62. The second-order valence-electron chi connectivity index (χ2n) is 6.58. The molecule has 0 saturated carbocycles. The van der Waals surface area contributed by atoms with Gasteiger partial charge in [0.25, 0.3) is 0 Å². The van der Waals surface area contributed by atoms with Crippen LogP contribution < -0.4 is 5.46 Å². The van der Waals surface area contributed by atoms with Crippen LogP contribution in [0.3, 0.4) is 0 Å². The lowest BCUT2D eigenvalue weighted by molar-refractivity contribution is 0.00578. The smallest absolute Gasteiger partial charge is 0.464 e. The highest BCUT2D eigenvalue weighted by molar-refractivity contribution is 6.65. The molecule has 1 saturated heterocycles. The molecule has 0 bridgehead atoms. The summed E-state index contributed by atoms with van der Waals surface area (Å²) >= 11 is 0. The largest absolute Gasteiger partial charge is 0.497 e. The van der Waals surface area contributed by atoms with E-state index in [-0.39, 0.29) is 0 Å². The summed E-state index contributed by atoms with van der Waals surface area (Å²) in [5.41, 5.74) is 0.731. The molecule has 0 atom stereocenters. The average molecular weight is 302 g/mol. The van der Waals surface area contributed by atoms with Crippen molar-refractivity contribution in [3.8, 4) is 0 Å². The maximum Gasteiger partial charge on any atom is 0.497 e. The van der Waals surface area contributed by atoms with Gasteiger partial charge in [-0.15, -0.1) is 0 Å². The van der Waals surface area contributed by atoms with Gasteiger partial charge in [0, 0.05) is 22.7 Å². The van der Waals surface area contributed by atoms with Gasteiger partial charge in [-0.3, -0.25) is 0 Å². The molecule has 0 aliphatic carbocycles. The average Bonchev–Trinajstić information content (AvgIpc) is 2.79. The van der Waals surface area contributed by atoms with Crippen LogP contribution in [-0.4, -0.2) is 39.1 Å². The first-order valence-electron chi connectivity index (χ1n) is 7.20. The van der Waals surface area contributed by atoms with E-state index >= 15 is 0 Å². The predicted molar refractivity (Wildman–Crippen MR) is 83.6 cm³/mol. The van der Waals surface area contributed by atoms with Crippen molar-refractivity contribution in [2.24, 2.45) is 0 Å². The number of carboxylic acid groups (broad SMARTS) is 1. The Kier molecular flexibility index (Phi) is 3.13. The lowest BCUT2D eigenvalue weighted by Gasteiger charge is -2.32. The maximum atomic E-state index is 11.6. The van der Waals surface area contributed by atoms with Gasteiger partial charge in [-0.2, -0.15) is 0 Å². The molecule has 1 aliphatic rings. The minimum Gasteiger partial charge on any atom is -0.464 e. The van der Waals surface area contributed by atoms with Gasteiger partial charge >= 0.3 is 13.2 Å². The molecule has 6 nitrogen and oxygen atoms in total. The number of carbonyl (C=O) groups is 1. The summed E-state index contributed by atoms with van der Waals surface area (Å²) in [5.74, 6) is 0. The topological polar surface area (TPSA) is 73.6 Å². The van der Waals surface area contributed by atoms with Crippen LogP contribution in [0.1, 0.15) is 33.4 Å². The molecule has 0 unspecified atom stereocenters. The van der Waals surface area contributed by atoms with Crippen molar-refractivity contribution in [3.63, 3.8) is 0 Å². The monoisotopic (exact) mass is 302 g/mol. The molecule has 22 heavy (non-hydrogen) atoms.